The molecule has 0 radical (unpaired) electrons. The van der Waals surface area contributed by atoms with Gasteiger partial charge in [-0.3, -0.25) is 0 Å². The summed E-state index contributed by atoms with van der Waals surface area (Å²) in [7, 11) is -1.64. The van der Waals surface area contributed by atoms with E-state index in [-0.39, 0.29) is 6.23 Å². The zero-order chi connectivity index (χ0) is 23.2. The molecule has 1 aliphatic heterocycles. The third-order valence-corrected chi connectivity index (χ3v) is 7.04. The number of ether oxygens (including phenoxy) is 1. The molecule has 0 bridgehead atoms. The van der Waals surface area contributed by atoms with Crippen molar-refractivity contribution in [3.8, 4) is 22.6 Å². The minimum atomic E-state index is -1.64. The molecular formula is C27H29N3O2Si. The first-order chi connectivity index (χ1) is 15.8. The Morgan fingerprint density at radius 1 is 1.09 bits per heavy atom. The first-order valence-corrected chi connectivity index (χ1v) is 15.1. The number of fused-ring (bicyclic) bond motifs is 2. The van der Waals surface area contributed by atoms with Crippen LogP contribution in [0.25, 0.3) is 32.9 Å². The molecule has 1 aliphatic rings. The molecule has 0 amide bonds. The second kappa shape index (κ2) is 8.33. The fourth-order valence-electron chi connectivity index (χ4n) is 4.60. The maximum atomic E-state index is 12.9. The van der Waals surface area contributed by atoms with Crippen molar-refractivity contribution in [2.45, 2.75) is 52.1 Å². The Morgan fingerprint density at radius 3 is 2.67 bits per heavy atom. The van der Waals surface area contributed by atoms with Gasteiger partial charge in [0.1, 0.15) is 8.07 Å². The van der Waals surface area contributed by atoms with Crippen LogP contribution in [0.1, 0.15) is 36.6 Å². The van der Waals surface area contributed by atoms with E-state index in [1.165, 1.54) is 0 Å². The summed E-state index contributed by atoms with van der Waals surface area (Å²) in [4.78, 5) is 0. The van der Waals surface area contributed by atoms with Crippen LogP contribution in [-0.4, -0.2) is 24.5 Å². The van der Waals surface area contributed by atoms with Crippen molar-refractivity contribution in [1.29, 1.82) is 0 Å². The van der Waals surface area contributed by atoms with Crippen molar-refractivity contribution >= 4 is 29.9 Å². The Bertz CT molecular complexity index is 1420. The molecule has 33 heavy (non-hydrogen) atoms. The smallest absolute Gasteiger partial charge is 0.224 e. The van der Waals surface area contributed by atoms with Crippen LogP contribution < -0.4 is 4.73 Å². The van der Waals surface area contributed by atoms with Crippen LogP contribution >= 0.6 is 0 Å². The van der Waals surface area contributed by atoms with Gasteiger partial charge in [0.2, 0.25) is 5.52 Å². The lowest BCUT2D eigenvalue weighted by Crippen LogP contribution is -2.27. The fraction of sp³-hybridized carbons (Fsp3) is 0.333. The summed E-state index contributed by atoms with van der Waals surface area (Å²) in [5.74, 6) is 3.39. The van der Waals surface area contributed by atoms with Crippen LogP contribution in [0.3, 0.4) is 0 Å². The molecule has 3 heterocycles. The molecule has 0 N–H and O–H groups in total. The molecule has 1 atom stereocenters. The summed E-state index contributed by atoms with van der Waals surface area (Å²) in [5, 5.41) is 19.6. The maximum absolute atomic E-state index is 12.9. The van der Waals surface area contributed by atoms with Gasteiger partial charge in [0, 0.05) is 23.6 Å². The summed E-state index contributed by atoms with van der Waals surface area (Å²) < 4.78 is 8.99. The van der Waals surface area contributed by atoms with E-state index in [1.807, 2.05) is 35.1 Å². The van der Waals surface area contributed by atoms with E-state index in [0.717, 1.165) is 69.1 Å². The van der Waals surface area contributed by atoms with Crippen LogP contribution in [0, 0.1) is 23.6 Å². The molecule has 2 aromatic heterocycles. The summed E-state index contributed by atoms with van der Waals surface area (Å²) in [6, 6.07) is 12.0. The minimum Gasteiger partial charge on any atom is -0.618 e. The van der Waals surface area contributed by atoms with E-state index >= 15 is 0 Å². The van der Waals surface area contributed by atoms with Gasteiger partial charge in [-0.15, -0.1) is 5.54 Å². The maximum Gasteiger partial charge on any atom is 0.224 e. The first kappa shape index (κ1) is 21.7. The molecule has 168 valence electrons. The van der Waals surface area contributed by atoms with Crippen LogP contribution in [0.5, 0.6) is 0 Å². The Balaban J connectivity index is 1.82. The molecule has 2 aromatic carbocycles. The number of para-hydroxylation sites is 1. The monoisotopic (exact) mass is 455 g/mol. The molecule has 6 heteroatoms. The second-order valence-corrected chi connectivity index (χ2v) is 14.6. The summed E-state index contributed by atoms with van der Waals surface area (Å²) >= 11 is 0. The van der Waals surface area contributed by atoms with Crippen molar-refractivity contribution in [1.82, 2.24) is 9.78 Å². The van der Waals surface area contributed by atoms with Crippen LogP contribution in [0.2, 0.25) is 19.6 Å². The lowest BCUT2D eigenvalue weighted by atomic mass is 9.91. The summed E-state index contributed by atoms with van der Waals surface area (Å²) in [6.07, 6.45) is 6.76. The quantitative estimate of drug-likeness (QED) is 0.168. The molecule has 4 aromatic rings. The van der Waals surface area contributed by atoms with Crippen LogP contribution in [-0.2, 0) is 4.74 Å². The molecule has 1 unspecified atom stereocenters. The first-order valence-electron chi connectivity index (χ1n) is 11.6. The Morgan fingerprint density at radius 2 is 1.91 bits per heavy atom. The summed E-state index contributed by atoms with van der Waals surface area (Å²) in [6.45, 7) is 9.53. The van der Waals surface area contributed by atoms with Gasteiger partial charge >= 0.3 is 0 Å². The van der Waals surface area contributed by atoms with Gasteiger partial charge in [-0.2, -0.15) is 9.83 Å². The highest BCUT2D eigenvalue weighted by atomic mass is 28.3. The topological polar surface area (TPSA) is 54.0 Å². The van der Waals surface area contributed by atoms with Gasteiger partial charge < -0.3 is 9.94 Å². The third-order valence-electron chi connectivity index (χ3n) is 6.17. The summed E-state index contributed by atoms with van der Waals surface area (Å²) in [5.41, 5.74) is 9.16. The second-order valence-electron chi connectivity index (χ2n) is 9.86. The number of nitrogens with zero attached hydrogens (tertiary/aromatic N) is 3. The SMILES string of the molecule is Cc1ccc2c(cnn2C2CCCCO2)c1-c1c(C#C[Si](C)(C)C)c[n+]([O-])c2ccccc12. The molecule has 1 saturated heterocycles. The van der Waals surface area contributed by atoms with Crippen molar-refractivity contribution < 1.29 is 9.47 Å². The third kappa shape index (κ3) is 4.03. The van der Waals surface area contributed by atoms with E-state index in [2.05, 4.69) is 50.2 Å². The molecule has 0 aliphatic carbocycles. The van der Waals surface area contributed by atoms with Gasteiger partial charge in [0.15, 0.2) is 12.4 Å². The van der Waals surface area contributed by atoms with Crippen LogP contribution in [0.4, 0.5) is 0 Å². The number of pyridine rings is 1. The van der Waals surface area contributed by atoms with Crippen molar-refractivity contribution in [2.75, 3.05) is 6.61 Å². The zero-order valence-electron chi connectivity index (χ0n) is 19.7. The highest BCUT2D eigenvalue weighted by Gasteiger charge is 2.24. The number of aryl methyl sites for hydroxylation is 1. The largest absolute Gasteiger partial charge is 0.618 e. The highest BCUT2D eigenvalue weighted by Crippen LogP contribution is 2.39. The van der Waals surface area contributed by atoms with Gasteiger partial charge in [0.05, 0.1) is 22.7 Å². The van der Waals surface area contributed by atoms with E-state index in [1.54, 1.807) is 6.20 Å². The number of benzene rings is 2. The van der Waals surface area contributed by atoms with Gasteiger partial charge in [0.25, 0.3) is 0 Å². The molecular weight excluding hydrogens is 426 g/mol. The van der Waals surface area contributed by atoms with Crippen molar-refractivity contribution in [2.24, 2.45) is 0 Å². The normalized spacial score (nSPS) is 16.7. The average molecular weight is 456 g/mol. The number of hydrogen-bond donors (Lipinski definition) is 0. The Kier molecular flexibility index (Phi) is 5.47. The van der Waals surface area contributed by atoms with E-state index in [4.69, 9.17) is 9.84 Å². The van der Waals surface area contributed by atoms with Crippen molar-refractivity contribution in [3.05, 3.63) is 65.1 Å². The Hall–Kier alpha value is -3.14. The lowest BCUT2D eigenvalue weighted by Gasteiger charge is -2.23. The number of rotatable bonds is 2. The van der Waals surface area contributed by atoms with Crippen LogP contribution in [0.15, 0.2) is 48.8 Å². The van der Waals surface area contributed by atoms with Gasteiger partial charge in [-0.25, -0.2) is 4.68 Å². The lowest BCUT2D eigenvalue weighted by molar-refractivity contribution is -0.577. The zero-order valence-corrected chi connectivity index (χ0v) is 20.7. The molecule has 1 fully saturated rings. The predicted octanol–water partition coefficient (Wildman–Crippen LogP) is 5.73. The van der Waals surface area contributed by atoms with Crippen molar-refractivity contribution in [3.63, 3.8) is 0 Å². The Labute approximate surface area is 195 Å². The van der Waals surface area contributed by atoms with E-state index in [9.17, 15) is 5.21 Å². The minimum absolute atomic E-state index is 0.0331. The number of hydrogen-bond acceptors (Lipinski definition) is 3. The molecule has 0 saturated carbocycles. The van der Waals surface area contributed by atoms with Gasteiger partial charge in [-0.05, 0) is 49.4 Å². The van der Waals surface area contributed by atoms with E-state index < -0.39 is 8.07 Å². The predicted molar refractivity (Wildman–Crippen MR) is 135 cm³/mol. The highest BCUT2D eigenvalue weighted by molar-refractivity contribution is 6.83. The van der Waals surface area contributed by atoms with Gasteiger partial charge in [-0.1, -0.05) is 43.8 Å². The average Bonchev–Trinajstić information content (AvgIpc) is 3.23. The van der Waals surface area contributed by atoms with E-state index in [0.29, 0.717) is 5.52 Å². The molecule has 5 nitrogen and oxygen atoms in total. The number of aromatic nitrogens is 3. The molecule has 0 spiro atoms. The molecule has 5 rings (SSSR count). The fourth-order valence-corrected chi connectivity index (χ4v) is 5.11. The standard InChI is InChI=1S/C27H29N3O2Si/c1-19-12-13-24-22(17-28-30(24)25-11-7-8-15-32-25)26(19)27-20(14-16-33(2,3)4)18-29(31)23-10-6-5-9-21(23)27/h5-6,9-10,12-13,17-18,25H,7-8,11,15H2,1-4H3.